The van der Waals surface area contributed by atoms with E-state index in [1.54, 1.807) is 24.3 Å². The lowest BCUT2D eigenvalue weighted by molar-refractivity contribution is -0.116. The van der Waals surface area contributed by atoms with Gasteiger partial charge < -0.3 is 10.1 Å². The number of nitrogens with one attached hydrogen (secondary N) is 1. The first-order chi connectivity index (χ1) is 12.4. The number of rotatable bonds is 6. The molecule has 0 aromatic heterocycles. The van der Waals surface area contributed by atoms with Crippen LogP contribution in [0.15, 0.2) is 47.4 Å². The molecule has 26 heavy (non-hydrogen) atoms. The summed E-state index contributed by atoms with van der Waals surface area (Å²) in [4.78, 5) is 11.6. The van der Waals surface area contributed by atoms with Gasteiger partial charge in [0.2, 0.25) is 15.9 Å². The number of hydrogen-bond acceptors (Lipinski definition) is 4. The number of carbonyl (C=O) groups is 1. The predicted molar refractivity (Wildman–Crippen MR) is 95.1 cm³/mol. The normalized spacial score (nSPS) is 14.0. The van der Waals surface area contributed by atoms with Crippen molar-refractivity contribution in [2.75, 3.05) is 25.5 Å². The topological polar surface area (TPSA) is 75.7 Å². The molecule has 2 aromatic rings. The van der Waals surface area contributed by atoms with Crippen molar-refractivity contribution in [3.63, 3.8) is 0 Å². The van der Waals surface area contributed by atoms with Gasteiger partial charge in [-0.05, 0) is 42.3 Å². The van der Waals surface area contributed by atoms with Crippen LogP contribution in [0.4, 0.5) is 10.1 Å². The van der Waals surface area contributed by atoms with Gasteiger partial charge in [0.1, 0.15) is 6.61 Å². The van der Waals surface area contributed by atoms with E-state index < -0.39 is 15.8 Å². The number of fused-ring (bicyclic) bond motifs is 1. The fraction of sp³-hybridized carbons (Fsp3) is 0.278. The average Bonchev–Trinajstić information content (AvgIpc) is 2.62. The van der Waals surface area contributed by atoms with E-state index in [0.717, 1.165) is 9.87 Å². The number of sulfonamides is 1. The van der Waals surface area contributed by atoms with Crippen LogP contribution in [0.2, 0.25) is 0 Å². The molecule has 0 bridgehead atoms. The van der Waals surface area contributed by atoms with Crippen molar-refractivity contribution >= 4 is 21.6 Å². The molecule has 6 nitrogen and oxygen atoms in total. The van der Waals surface area contributed by atoms with E-state index in [4.69, 9.17) is 4.74 Å². The lowest BCUT2D eigenvalue weighted by atomic mass is 10.0. The van der Waals surface area contributed by atoms with E-state index in [-0.39, 0.29) is 29.7 Å². The molecule has 1 amide bonds. The number of para-hydroxylation sites is 1. The molecular formula is C18H19FN2O4S. The molecule has 0 aliphatic carbocycles. The maximum Gasteiger partial charge on any atom is 0.242 e. The van der Waals surface area contributed by atoms with Gasteiger partial charge in [0.15, 0.2) is 11.6 Å². The molecule has 0 atom stereocenters. The molecule has 0 radical (unpaired) electrons. The van der Waals surface area contributed by atoms with Crippen molar-refractivity contribution in [3.05, 3.63) is 53.8 Å². The van der Waals surface area contributed by atoms with Crippen molar-refractivity contribution in [1.82, 2.24) is 4.31 Å². The van der Waals surface area contributed by atoms with E-state index in [2.05, 4.69) is 5.32 Å². The Balaban J connectivity index is 1.67. The minimum atomic E-state index is -3.70. The second-order valence-electron chi connectivity index (χ2n) is 5.97. The van der Waals surface area contributed by atoms with Gasteiger partial charge in [0.25, 0.3) is 0 Å². The van der Waals surface area contributed by atoms with Gasteiger partial charge in [-0.15, -0.1) is 0 Å². The van der Waals surface area contributed by atoms with Gasteiger partial charge in [-0.1, -0.05) is 12.1 Å². The van der Waals surface area contributed by atoms with E-state index in [1.807, 2.05) is 0 Å². The van der Waals surface area contributed by atoms with E-state index >= 15 is 0 Å². The predicted octanol–water partition coefficient (Wildman–Crippen LogP) is 2.41. The summed E-state index contributed by atoms with van der Waals surface area (Å²) in [6, 6.07) is 10.6. The zero-order chi connectivity index (χ0) is 18.7. The highest BCUT2D eigenvalue weighted by Crippen LogP contribution is 2.26. The fourth-order valence-corrected chi connectivity index (χ4v) is 3.87. The Morgan fingerprint density at radius 1 is 1.19 bits per heavy atom. The number of hydrogen-bond donors (Lipinski definition) is 1. The van der Waals surface area contributed by atoms with E-state index in [0.29, 0.717) is 18.5 Å². The van der Waals surface area contributed by atoms with Crippen LogP contribution < -0.4 is 10.1 Å². The molecule has 3 rings (SSSR count). The molecule has 2 aromatic carbocycles. The highest BCUT2D eigenvalue weighted by atomic mass is 32.2. The van der Waals surface area contributed by atoms with Crippen molar-refractivity contribution in [3.8, 4) is 5.75 Å². The van der Waals surface area contributed by atoms with Crippen LogP contribution in [0.3, 0.4) is 0 Å². The molecule has 0 spiro atoms. The second-order valence-corrected chi connectivity index (χ2v) is 8.02. The highest BCUT2D eigenvalue weighted by Gasteiger charge is 2.23. The second kappa shape index (κ2) is 7.43. The lowest BCUT2D eigenvalue weighted by Crippen LogP contribution is -2.31. The molecule has 0 unspecified atom stereocenters. The summed E-state index contributed by atoms with van der Waals surface area (Å²) in [6.07, 6.45) is 0.841. The molecule has 1 aliphatic heterocycles. The molecule has 0 saturated carbocycles. The number of carbonyl (C=O) groups excluding carboxylic acids is 1. The third-order valence-electron chi connectivity index (χ3n) is 4.18. The Labute approximate surface area is 151 Å². The average molecular weight is 378 g/mol. The third kappa shape index (κ3) is 3.86. The smallest absolute Gasteiger partial charge is 0.242 e. The standard InChI is InChI=1S/C18H19FN2O4S/c1-21(10-11-25-17-5-3-2-4-15(17)19)26(23,24)14-7-8-16-13(12-14)6-9-18(22)20-16/h2-5,7-8,12H,6,9-11H2,1H3,(H,20,22). The van der Waals surface area contributed by atoms with Gasteiger partial charge in [0.05, 0.1) is 4.90 Å². The van der Waals surface area contributed by atoms with Gasteiger partial charge in [-0.3, -0.25) is 4.79 Å². The summed E-state index contributed by atoms with van der Waals surface area (Å²) >= 11 is 0. The van der Waals surface area contributed by atoms with Gasteiger partial charge in [0, 0.05) is 25.7 Å². The highest BCUT2D eigenvalue weighted by molar-refractivity contribution is 7.89. The Kier molecular flexibility index (Phi) is 5.24. The van der Waals surface area contributed by atoms with Gasteiger partial charge >= 0.3 is 0 Å². The summed E-state index contributed by atoms with van der Waals surface area (Å²) in [5, 5.41) is 2.72. The zero-order valence-electron chi connectivity index (χ0n) is 14.2. The Bertz CT molecular complexity index is 931. The molecular weight excluding hydrogens is 359 g/mol. The maximum atomic E-state index is 13.5. The van der Waals surface area contributed by atoms with Crippen molar-refractivity contribution < 1.29 is 22.3 Å². The minimum absolute atomic E-state index is 0.0255. The van der Waals surface area contributed by atoms with Crippen LogP contribution in [0, 0.1) is 5.82 Å². The van der Waals surface area contributed by atoms with Crippen LogP contribution in [0.1, 0.15) is 12.0 Å². The number of nitrogens with zero attached hydrogens (tertiary/aromatic N) is 1. The molecule has 1 N–H and O–H groups in total. The van der Waals surface area contributed by atoms with Crippen LogP contribution in [0.25, 0.3) is 0 Å². The number of ether oxygens (including phenoxy) is 1. The van der Waals surface area contributed by atoms with Crippen molar-refractivity contribution in [2.24, 2.45) is 0 Å². The quantitative estimate of drug-likeness (QED) is 0.838. The SMILES string of the molecule is CN(CCOc1ccccc1F)S(=O)(=O)c1ccc2c(c1)CCC(=O)N2. The number of likely N-dealkylation sites (N-methyl/N-ethyl adjacent to an activating group) is 1. The van der Waals surface area contributed by atoms with Gasteiger partial charge in [-0.2, -0.15) is 4.31 Å². The number of aryl methyl sites for hydroxylation is 1. The largest absolute Gasteiger partial charge is 0.489 e. The number of anilines is 1. The molecule has 0 fully saturated rings. The fourth-order valence-electron chi connectivity index (χ4n) is 2.67. The Morgan fingerprint density at radius 2 is 1.96 bits per heavy atom. The molecule has 1 heterocycles. The van der Waals surface area contributed by atoms with Crippen LogP contribution in [-0.2, 0) is 21.2 Å². The van der Waals surface area contributed by atoms with Crippen molar-refractivity contribution in [1.29, 1.82) is 0 Å². The van der Waals surface area contributed by atoms with E-state index in [1.165, 1.54) is 25.2 Å². The number of halogens is 1. The first kappa shape index (κ1) is 18.3. The van der Waals surface area contributed by atoms with E-state index in [9.17, 15) is 17.6 Å². The molecule has 1 aliphatic rings. The summed E-state index contributed by atoms with van der Waals surface area (Å²) < 4.78 is 45.4. The first-order valence-electron chi connectivity index (χ1n) is 8.14. The number of benzene rings is 2. The van der Waals surface area contributed by atoms with Crippen LogP contribution in [0.5, 0.6) is 5.75 Å². The first-order valence-corrected chi connectivity index (χ1v) is 9.58. The number of amides is 1. The Hall–Kier alpha value is -2.45. The third-order valence-corrected chi connectivity index (χ3v) is 6.03. The summed E-state index contributed by atoms with van der Waals surface area (Å²) in [6.45, 7) is 0.0994. The zero-order valence-corrected chi connectivity index (χ0v) is 15.1. The lowest BCUT2D eigenvalue weighted by Gasteiger charge is -2.21. The summed E-state index contributed by atoms with van der Waals surface area (Å²) in [5.41, 5.74) is 1.44. The molecule has 138 valence electrons. The Morgan fingerprint density at radius 3 is 2.73 bits per heavy atom. The van der Waals surface area contributed by atoms with Gasteiger partial charge in [-0.25, -0.2) is 12.8 Å². The van der Waals surface area contributed by atoms with Crippen molar-refractivity contribution in [2.45, 2.75) is 17.7 Å². The minimum Gasteiger partial charge on any atom is -0.489 e. The summed E-state index contributed by atoms with van der Waals surface area (Å²) in [7, 11) is -2.26. The molecule has 8 heteroatoms. The van der Waals surface area contributed by atoms with Crippen LogP contribution in [-0.4, -0.2) is 38.8 Å². The maximum absolute atomic E-state index is 13.5. The van der Waals surface area contributed by atoms with Crippen LogP contribution >= 0.6 is 0 Å². The summed E-state index contributed by atoms with van der Waals surface area (Å²) in [5.74, 6) is -0.479. The molecule has 0 saturated heterocycles. The monoisotopic (exact) mass is 378 g/mol.